The number of nitrogens with two attached hydrogens (primary N) is 1. The topological polar surface area (TPSA) is 85.3 Å². The van der Waals surface area contributed by atoms with Crippen molar-refractivity contribution in [3.05, 3.63) is 47.5 Å². The third kappa shape index (κ3) is 3.21. The first kappa shape index (κ1) is 18.4. The van der Waals surface area contributed by atoms with Gasteiger partial charge in [0.05, 0.1) is 29.0 Å². The molecule has 2 atom stereocenters. The van der Waals surface area contributed by atoms with E-state index in [-0.39, 0.29) is 11.6 Å². The second-order valence-corrected chi connectivity index (χ2v) is 7.86. The van der Waals surface area contributed by atoms with Crippen molar-refractivity contribution in [2.45, 2.75) is 51.7 Å². The number of carbonyl (C=O) groups excluding carboxylic acids is 1. The van der Waals surface area contributed by atoms with Gasteiger partial charge in [0.2, 0.25) is 0 Å². The highest BCUT2D eigenvalue weighted by molar-refractivity contribution is 6.02. The van der Waals surface area contributed by atoms with Gasteiger partial charge in [-0.2, -0.15) is 5.10 Å². The Morgan fingerprint density at radius 1 is 1.29 bits per heavy atom. The Morgan fingerprint density at radius 3 is 2.61 bits per heavy atom. The van der Waals surface area contributed by atoms with Crippen LogP contribution in [0.5, 0.6) is 0 Å². The lowest BCUT2D eigenvalue weighted by Crippen LogP contribution is -2.36. The average molecular weight is 381 g/mol. The molecule has 0 spiro atoms. The summed E-state index contributed by atoms with van der Waals surface area (Å²) in [4.78, 5) is 16.4. The van der Waals surface area contributed by atoms with Gasteiger partial charge in [-0.3, -0.25) is 9.78 Å². The fourth-order valence-electron chi connectivity index (χ4n) is 4.08. The van der Waals surface area contributed by atoms with E-state index in [2.05, 4.69) is 15.4 Å². The number of aryl methyl sites for hydroxylation is 2. The second kappa shape index (κ2) is 6.58. The number of nitrogens with zero attached hydrogens (tertiary/aromatic N) is 3. The molecule has 1 saturated carbocycles. The van der Waals surface area contributed by atoms with Crippen molar-refractivity contribution in [1.82, 2.24) is 14.6 Å². The number of alkyl halides is 1. The number of primary amides is 1. The molecule has 0 bridgehead atoms. The lowest BCUT2D eigenvalue weighted by molar-refractivity contribution is 0.1000. The summed E-state index contributed by atoms with van der Waals surface area (Å²) in [7, 11) is 0. The molecule has 1 aliphatic carbocycles. The summed E-state index contributed by atoms with van der Waals surface area (Å²) < 4.78 is 16.5. The van der Waals surface area contributed by atoms with Crippen LogP contribution < -0.4 is 11.1 Å². The normalized spacial score (nSPS) is 21.9. The van der Waals surface area contributed by atoms with Crippen LogP contribution in [-0.2, 0) is 0 Å². The van der Waals surface area contributed by atoms with Gasteiger partial charge < -0.3 is 11.1 Å². The maximum absolute atomic E-state index is 14.8. The number of hydrogen-bond donors (Lipinski definition) is 2. The molecule has 0 aliphatic heterocycles. The molecule has 146 valence electrons. The molecule has 0 unspecified atom stereocenters. The fourth-order valence-corrected chi connectivity index (χ4v) is 4.08. The van der Waals surface area contributed by atoms with E-state index in [0.29, 0.717) is 24.0 Å². The van der Waals surface area contributed by atoms with Crippen LogP contribution in [0.2, 0.25) is 0 Å². The smallest absolute Gasteiger partial charge is 0.252 e. The number of anilines is 1. The number of pyridine rings is 1. The van der Waals surface area contributed by atoms with Crippen molar-refractivity contribution < 1.29 is 9.18 Å². The highest BCUT2D eigenvalue weighted by Gasteiger charge is 2.39. The van der Waals surface area contributed by atoms with Crippen LogP contribution in [0.25, 0.3) is 16.6 Å². The zero-order valence-electron chi connectivity index (χ0n) is 16.3. The molecule has 1 amide bonds. The van der Waals surface area contributed by atoms with E-state index in [1.54, 1.807) is 11.4 Å². The van der Waals surface area contributed by atoms with Gasteiger partial charge in [0.15, 0.2) is 0 Å². The minimum Gasteiger partial charge on any atom is -0.377 e. The number of aromatic nitrogens is 3. The Balaban J connectivity index is 1.85. The number of amides is 1. The van der Waals surface area contributed by atoms with E-state index in [9.17, 15) is 9.18 Å². The SMILES string of the molecule is Cc1cc(-c2cc3c(N[C@@H]4CCC[C@]4(C)F)c(C(N)=O)cnn3c2)cc(C)n1. The molecular formula is C21H24FN5O. The first-order valence-electron chi connectivity index (χ1n) is 9.47. The molecule has 3 aromatic heterocycles. The third-order valence-corrected chi connectivity index (χ3v) is 5.52. The number of rotatable bonds is 4. The zero-order valence-corrected chi connectivity index (χ0v) is 16.3. The monoisotopic (exact) mass is 381 g/mol. The standard InChI is InChI=1S/C21H24FN5O/c1-12-7-14(8-13(2)25-12)15-9-17-19(26-18-5-4-6-21(18,3)22)16(20(23)28)10-24-27(17)11-15/h7-11,18,26H,4-6H2,1-3H3,(H2,23,28)/t18-,21+/m1/s1. The molecular weight excluding hydrogens is 357 g/mol. The summed E-state index contributed by atoms with van der Waals surface area (Å²) in [5, 5.41) is 7.59. The highest BCUT2D eigenvalue weighted by Crippen LogP contribution is 2.37. The van der Waals surface area contributed by atoms with Crippen molar-refractivity contribution in [1.29, 1.82) is 0 Å². The van der Waals surface area contributed by atoms with E-state index in [4.69, 9.17) is 5.73 Å². The molecule has 0 radical (unpaired) electrons. The van der Waals surface area contributed by atoms with E-state index in [0.717, 1.165) is 28.9 Å². The molecule has 1 fully saturated rings. The molecule has 3 aromatic rings. The maximum atomic E-state index is 14.8. The predicted molar refractivity (Wildman–Crippen MR) is 107 cm³/mol. The van der Waals surface area contributed by atoms with Crippen LogP contribution >= 0.6 is 0 Å². The van der Waals surface area contributed by atoms with Gasteiger partial charge in [-0.25, -0.2) is 8.91 Å². The average Bonchev–Trinajstić information content (AvgIpc) is 3.17. The lowest BCUT2D eigenvalue weighted by Gasteiger charge is -2.26. The van der Waals surface area contributed by atoms with Gasteiger partial charge in [-0.1, -0.05) is 0 Å². The molecule has 1 aliphatic rings. The summed E-state index contributed by atoms with van der Waals surface area (Å²) in [6.07, 6.45) is 5.34. The summed E-state index contributed by atoms with van der Waals surface area (Å²) in [6.45, 7) is 5.50. The van der Waals surface area contributed by atoms with Crippen LogP contribution in [-0.4, -0.2) is 32.2 Å². The van der Waals surface area contributed by atoms with Crippen LogP contribution in [0, 0.1) is 13.8 Å². The second-order valence-electron chi connectivity index (χ2n) is 7.86. The molecule has 0 saturated heterocycles. The number of nitrogens with one attached hydrogen (secondary N) is 1. The maximum Gasteiger partial charge on any atom is 0.252 e. The molecule has 4 rings (SSSR count). The third-order valence-electron chi connectivity index (χ3n) is 5.52. The van der Waals surface area contributed by atoms with Crippen molar-refractivity contribution in [3.63, 3.8) is 0 Å². The van der Waals surface area contributed by atoms with Crippen LogP contribution in [0.1, 0.15) is 47.9 Å². The van der Waals surface area contributed by atoms with E-state index >= 15 is 0 Å². The van der Waals surface area contributed by atoms with E-state index in [1.165, 1.54) is 6.20 Å². The van der Waals surface area contributed by atoms with E-state index in [1.807, 2.05) is 38.2 Å². The zero-order chi connectivity index (χ0) is 20.1. The summed E-state index contributed by atoms with van der Waals surface area (Å²) >= 11 is 0. The number of carbonyl (C=O) groups is 1. The van der Waals surface area contributed by atoms with E-state index < -0.39 is 11.6 Å². The molecule has 3 heterocycles. The van der Waals surface area contributed by atoms with Gasteiger partial charge in [0.25, 0.3) is 5.91 Å². The minimum atomic E-state index is -1.33. The van der Waals surface area contributed by atoms with Crippen molar-refractivity contribution in [2.75, 3.05) is 5.32 Å². The predicted octanol–water partition coefficient (Wildman–Crippen LogP) is 3.80. The number of halogens is 1. The van der Waals surface area contributed by atoms with Gasteiger partial charge >= 0.3 is 0 Å². The molecule has 28 heavy (non-hydrogen) atoms. The Kier molecular flexibility index (Phi) is 4.33. The Hall–Kier alpha value is -2.96. The largest absolute Gasteiger partial charge is 0.377 e. The summed E-state index contributed by atoms with van der Waals surface area (Å²) in [6, 6.07) is 5.57. The summed E-state index contributed by atoms with van der Waals surface area (Å²) in [5.74, 6) is -0.589. The Bertz CT molecular complexity index is 1050. The van der Waals surface area contributed by atoms with Gasteiger partial charge in [-0.05, 0) is 63.8 Å². The first-order valence-corrected chi connectivity index (χ1v) is 9.47. The van der Waals surface area contributed by atoms with Crippen molar-refractivity contribution in [2.24, 2.45) is 5.73 Å². The van der Waals surface area contributed by atoms with Crippen molar-refractivity contribution >= 4 is 17.1 Å². The number of hydrogen-bond acceptors (Lipinski definition) is 4. The van der Waals surface area contributed by atoms with Gasteiger partial charge in [-0.15, -0.1) is 0 Å². The molecule has 3 N–H and O–H groups in total. The Morgan fingerprint density at radius 2 is 2.00 bits per heavy atom. The molecule has 6 nitrogen and oxygen atoms in total. The fraction of sp³-hybridized carbons (Fsp3) is 0.381. The van der Waals surface area contributed by atoms with Crippen molar-refractivity contribution in [3.8, 4) is 11.1 Å². The number of fused-ring (bicyclic) bond motifs is 1. The Labute approximate surface area is 163 Å². The van der Waals surface area contributed by atoms with Gasteiger partial charge in [0, 0.05) is 23.1 Å². The van der Waals surface area contributed by atoms with Gasteiger partial charge in [0.1, 0.15) is 5.67 Å². The van der Waals surface area contributed by atoms with Crippen LogP contribution in [0.4, 0.5) is 10.1 Å². The minimum absolute atomic E-state index is 0.266. The molecule has 0 aromatic carbocycles. The summed E-state index contributed by atoms with van der Waals surface area (Å²) in [5.41, 5.74) is 9.55. The van der Waals surface area contributed by atoms with Crippen LogP contribution in [0.15, 0.2) is 30.6 Å². The quantitative estimate of drug-likeness (QED) is 0.720. The lowest BCUT2D eigenvalue weighted by atomic mass is 10.0. The van der Waals surface area contributed by atoms with Crippen LogP contribution in [0.3, 0.4) is 0 Å². The first-order chi connectivity index (χ1) is 13.2. The molecule has 7 heteroatoms. The highest BCUT2D eigenvalue weighted by atomic mass is 19.1.